The van der Waals surface area contributed by atoms with E-state index in [4.69, 9.17) is 5.26 Å². The third-order valence-electron chi connectivity index (χ3n) is 3.54. The molecule has 0 aromatic carbocycles. The maximum atomic E-state index is 9.09. The van der Waals surface area contributed by atoms with Gasteiger partial charge in [0.05, 0.1) is 29.9 Å². The van der Waals surface area contributed by atoms with E-state index in [-0.39, 0.29) is 12.4 Å². The van der Waals surface area contributed by atoms with Gasteiger partial charge >= 0.3 is 0 Å². The van der Waals surface area contributed by atoms with Crippen LogP contribution in [0.1, 0.15) is 5.69 Å². The Bertz CT molecular complexity index is 997. The minimum atomic E-state index is 0. The highest BCUT2D eigenvalue weighted by Crippen LogP contribution is 2.32. The molecule has 0 saturated heterocycles. The lowest BCUT2D eigenvalue weighted by Gasteiger charge is -2.11. The Kier molecular flexibility index (Phi) is 3.79. The molecule has 7 heteroatoms. The zero-order chi connectivity index (χ0) is 14.9. The predicted octanol–water partition coefficient (Wildman–Crippen LogP) is 3.08. The van der Waals surface area contributed by atoms with E-state index in [1.807, 2.05) is 28.8 Å². The van der Waals surface area contributed by atoms with Crippen molar-refractivity contribution >= 4 is 17.9 Å². The Morgan fingerprint density at radius 1 is 1.13 bits per heavy atom. The van der Waals surface area contributed by atoms with Crippen molar-refractivity contribution in [3.8, 4) is 28.5 Å². The minimum Gasteiger partial charge on any atom is -0.298 e. The molecule has 1 N–H and O–H groups in total. The number of aromatic nitrogens is 5. The van der Waals surface area contributed by atoms with Crippen LogP contribution >= 0.6 is 12.4 Å². The van der Waals surface area contributed by atoms with Gasteiger partial charge in [0, 0.05) is 29.1 Å². The second-order valence-electron chi connectivity index (χ2n) is 4.81. The Morgan fingerprint density at radius 3 is 2.83 bits per heavy atom. The summed E-state index contributed by atoms with van der Waals surface area (Å²) >= 11 is 0. The van der Waals surface area contributed by atoms with Crippen LogP contribution in [0.4, 0.5) is 0 Å². The van der Waals surface area contributed by atoms with Crippen LogP contribution in [0.5, 0.6) is 0 Å². The van der Waals surface area contributed by atoms with E-state index >= 15 is 0 Å². The summed E-state index contributed by atoms with van der Waals surface area (Å²) in [7, 11) is 0. The summed E-state index contributed by atoms with van der Waals surface area (Å²) in [6, 6.07) is 9.78. The first-order chi connectivity index (χ1) is 10.9. The number of halogens is 1. The lowest BCUT2D eigenvalue weighted by Crippen LogP contribution is -1.95. The third-order valence-corrected chi connectivity index (χ3v) is 3.54. The number of aromatic amines is 1. The average molecular weight is 323 g/mol. The largest absolute Gasteiger partial charge is 0.298 e. The van der Waals surface area contributed by atoms with E-state index in [9.17, 15) is 0 Å². The molecule has 23 heavy (non-hydrogen) atoms. The topological polar surface area (TPSA) is 82.7 Å². The molecule has 4 rings (SSSR count). The quantitative estimate of drug-likeness (QED) is 0.614. The SMILES string of the molecule is Cl.N#Cc1cc(-c2c(-c3cn[nH]c3)ccc3cncn23)ccn1. The Labute approximate surface area is 137 Å². The van der Waals surface area contributed by atoms with Gasteiger partial charge in [0.15, 0.2) is 0 Å². The lowest BCUT2D eigenvalue weighted by molar-refractivity contribution is 1.09. The van der Waals surface area contributed by atoms with Crippen molar-refractivity contribution < 1.29 is 0 Å². The van der Waals surface area contributed by atoms with Crippen molar-refractivity contribution in [2.24, 2.45) is 0 Å². The first kappa shape index (κ1) is 14.8. The summed E-state index contributed by atoms with van der Waals surface area (Å²) < 4.78 is 2.00. The van der Waals surface area contributed by atoms with Crippen molar-refractivity contribution in [2.45, 2.75) is 0 Å². The van der Waals surface area contributed by atoms with Gasteiger partial charge in [-0.05, 0) is 24.3 Å². The molecular weight excluding hydrogens is 312 g/mol. The number of nitriles is 1. The van der Waals surface area contributed by atoms with Crippen LogP contribution in [0.2, 0.25) is 0 Å². The fraction of sp³-hybridized carbons (Fsp3) is 0. The summed E-state index contributed by atoms with van der Waals surface area (Å²) in [6.07, 6.45) is 8.82. The van der Waals surface area contributed by atoms with E-state index in [1.54, 1.807) is 31.0 Å². The molecule has 0 saturated carbocycles. The van der Waals surface area contributed by atoms with Crippen LogP contribution in [-0.2, 0) is 0 Å². The molecule has 4 aromatic heterocycles. The molecule has 0 aliphatic heterocycles. The van der Waals surface area contributed by atoms with Crippen LogP contribution in [0.25, 0.3) is 27.9 Å². The van der Waals surface area contributed by atoms with Crippen molar-refractivity contribution in [1.82, 2.24) is 24.6 Å². The number of hydrogen-bond donors (Lipinski definition) is 1. The number of imidazole rings is 1. The van der Waals surface area contributed by atoms with Crippen LogP contribution in [0.15, 0.2) is 55.4 Å². The van der Waals surface area contributed by atoms with Crippen LogP contribution in [-0.4, -0.2) is 24.6 Å². The van der Waals surface area contributed by atoms with Crippen molar-refractivity contribution in [1.29, 1.82) is 5.26 Å². The number of fused-ring (bicyclic) bond motifs is 1. The normalized spacial score (nSPS) is 10.2. The van der Waals surface area contributed by atoms with Gasteiger partial charge in [-0.3, -0.25) is 9.50 Å². The fourth-order valence-corrected chi connectivity index (χ4v) is 2.56. The molecule has 4 heterocycles. The lowest BCUT2D eigenvalue weighted by atomic mass is 10.0. The highest BCUT2D eigenvalue weighted by Gasteiger charge is 2.13. The van der Waals surface area contributed by atoms with Gasteiger partial charge in [-0.1, -0.05) is 0 Å². The smallest absolute Gasteiger partial charge is 0.141 e. The number of nitrogens with zero attached hydrogens (tertiary/aromatic N) is 5. The summed E-state index contributed by atoms with van der Waals surface area (Å²) in [4.78, 5) is 8.25. The molecule has 0 bridgehead atoms. The van der Waals surface area contributed by atoms with Crippen LogP contribution in [0, 0.1) is 11.3 Å². The van der Waals surface area contributed by atoms with E-state index in [2.05, 4.69) is 26.2 Å². The number of rotatable bonds is 2. The molecule has 0 aliphatic carbocycles. The molecule has 0 unspecified atom stereocenters. The van der Waals surface area contributed by atoms with Gasteiger partial charge in [0.1, 0.15) is 11.8 Å². The molecule has 0 spiro atoms. The van der Waals surface area contributed by atoms with Crippen molar-refractivity contribution in [3.63, 3.8) is 0 Å². The Balaban J connectivity index is 0.00000156. The molecule has 0 amide bonds. The van der Waals surface area contributed by atoms with Gasteiger partial charge in [0.25, 0.3) is 0 Å². The maximum absolute atomic E-state index is 9.09. The minimum absolute atomic E-state index is 0. The third kappa shape index (κ3) is 2.43. The van der Waals surface area contributed by atoms with Crippen molar-refractivity contribution in [2.75, 3.05) is 0 Å². The van der Waals surface area contributed by atoms with Gasteiger partial charge in [-0.25, -0.2) is 9.97 Å². The van der Waals surface area contributed by atoms with Crippen molar-refractivity contribution in [3.05, 3.63) is 61.1 Å². The molecule has 112 valence electrons. The highest BCUT2D eigenvalue weighted by atomic mass is 35.5. The van der Waals surface area contributed by atoms with E-state index in [0.29, 0.717) is 5.69 Å². The van der Waals surface area contributed by atoms with Gasteiger partial charge < -0.3 is 0 Å². The van der Waals surface area contributed by atoms with Gasteiger partial charge in [-0.2, -0.15) is 10.4 Å². The monoisotopic (exact) mass is 322 g/mol. The summed E-state index contributed by atoms with van der Waals surface area (Å²) in [5.74, 6) is 0. The molecule has 0 fully saturated rings. The number of pyridine rings is 2. The zero-order valence-corrected chi connectivity index (χ0v) is 12.7. The second kappa shape index (κ2) is 5.91. The Hall–Kier alpha value is -3.17. The maximum Gasteiger partial charge on any atom is 0.141 e. The second-order valence-corrected chi connectivity index (χ2v) is 4.81. The molecule has 0 radical (unpaired) electrons. The summed E-state index contributed by atoms with van der Waals surface area (Å²) in [5, 5.41) is 15.9. The van der Waals surface area contributed by atoms with E-state index < -0.39 is 0 Å². The van der Waals surface area contributed by atoms with Gasteiger partial charge in [0.2, 0.25) is 0 Å². The number of hydrogen-bond acceptors (Lipinski definition) is 4. The van der Waals surface area contributed by atoms with E-state index in [0.717, 1.165) is 27.9 Å². The fourth-order valence-electron chi connectivity index (χ4n) is 2.56. The standard InChI is InChI=1S/C16H10N6.ClH/c17-6-13-5-11(3-4-19-13)16-15(12-7-20-21-8-12)2-1-14-9-18-10-22(14)16;/h1-5,7-10H,(H,20,21);1H. The van der Waals surface area contributed by atoms with E-state index in [1.165, 1.54) is 0 Å². The highest BCUT2D eigenvalue weighted by molar-refractivity contribution is 5.85. The average Bonchev–Trinajstić information content (AvgIpc) is 3.25. The molecule has 0 aliphatic rings. The zero-order valence-electron chi connectivity index (χ0n) is 11.8. The first-order valence-electron chi connectivity index (χ1n) is 6.67. The summed E-state index contributed by atoms with van der Waals surface area (Å²) in [5.41, 5.74) is 5.21. The van der Waals surface area contributed by atoms with Gasteiger partial charge in [-0.15, -0.1) is 12.4 Å². The Morgan fingerprint density at radius 2 is 2.04 bits per heavy atom. The number of nitrogens with one attached hydrogen (secondary N) is 1. The molecule has 4 aromatic rings. The predicted molar refractivity (Wildman–Crippen MR) is 88.0 cm³/mol. The number of H-pyrrole nitrogens is 1. The van der Waals surface area contributed by atoms with Crippen LogP contribution in [0.3, 0.4) is 0 Å². The summed E-state index contributed by atoms with van der Waals surface area (Å²) in [6.45, 7) is 0. The molecular formula is C16H11ClN6. The molecule has 0 atom stereocenters. The molecule has 6 nitrogen and oxygen atoms in total. The first-order valence-corrected chi connectivity index (χ1v) is 6.67. The van der Waals surface area contributed by atoms with Crippen LogP contribution < -0.4 is 0 Å².